The Morgan fingerprint density at radius 2 is 1.95 bits per heavy atom. The maximum atomic E-state index is 11.3. The molecular weight excluding hydrogens is 270 g/mol. The summed E-state index contributed by atoms with van der Waals surface area (Å²) in [5, 5.41) is 9.32. The molecule has 0 spiro atoms. The lowest BCUT2D eigenvalue weighted by atomic mass is 9.87. The van der Waals surface area contributed by atoms with E-state index in [-0.39, 0.29) is 11.8 Å². The zero-order valence-electron chi connectivity index (χ0n) is 12.8. The fraction of sp³-hybridized carbons (Fsp3) is 0.562. The molecule has 1 aliphatic rings. The Kier molecular flexibility index (Phi) is 5.07. The number of rotatable bonds is 5. The van der Waals surface area contributed by atoms with Gasteiger partial charge >= 0.3 is 5.97 Å². The molecule has 116 valence electrons. The second-order valence-corrected chi connectivity index (χ2v) is 5.59. The van der Waals surface area contributed by atoms with Crippen LogP contribution in [-0.4, -0.2) is 43.3 Å². The van der Waals surface area contributed by atoms with Crippen molar-refractivity contribution in [3.05, 3.63) is 23.8 Å². The van der Waals surface area contributed by atoms with Gasteiger partial charge in [-0.1, -0.05) is 13.0 Å². The van der Waals surface area contributed by atoms with Crippen LogP contribution in [0, 0.1) is 11.8 Å². The van der Waals surface area contributed by atoms with Crippen LogP contribution in [0.2, 0.25) is 0 Å². The molecule has 5 nitrogen and oxygen atoms in total. The molecule has 0 aliphatic carbocycles. The Labute approximate surface area is 125 Å². The van der Waals surface area contributed by atoms with Crippen molar-refractivity contribution in [2.75, 3.05) is 27.3 Å². The Balaban J connectivity index is 2.16. The summed E-state index contributed by atoms with van der Waals surface area (Å²) in [5.41, 5.74) is 0.973. The molecule has 0 radical (unpaired) electrons. The third-order valence-electron chi connectivity index (χ3n) is 4.27. The van der Waals surface area contributed by atoms with Gasteiger partial charge in [-0.3, -0.25) is 9.69 Å². The molecule has 0 bridgehead atoms. The van der Waals surface area contributed by atoms with Crippen molar-refractivity contribution in [3.8, 4) is 11.5 Å². The molecule has 1 saturated heterocycles. The van der Waals surface area contributed by atoms with Gasteiger partial charge in [0.2, 0.25) is 0 Å². The molecule has 2 atom stereocenters. The van der Waals surface area contributed by atoms with Crippen molar-refractivity contribution in [2.24, 2.45) is 11.8 Å². The smallest absolute Gasteiger partial charge is 0.308 e. The molecule has 1 aromatic rings. The molecule has 0 aromatic heterocycles. The molecule has 0 unspecified atom stereocenters. The number of ether oxygens (including phenoxy) is 2. The number of methoxy groups -OCH3 is 2. The van der Waals surface area contributed by atoms with E-state index in [4.69, 9.17) is 9.47 Å². The highest BCUT2D eigenvalue weighted by Gasteiger charge is 2.32. The molecule has 5 heteroatoms. The number of hydrogen-bond donors (Lipinski definition) is 1. The van der Waals surface area contributed by atoms with Gasteiger partial charge in [-0.2, -0.15) is 0 Å². The largest absolute Gasteiger partial charge is 0.496 e. The molecule has 2 rings (SSSR count). The third kappa shape index (κ3) is 3.47. The van der Waals surface area contributed by atoms with Crippen molar-refractivity contribution in [1.82, 2.24) is 4.90 Å². The Morgan fingerprint density at radius 1 is 1.33 bits per heavy atom. The van der Waals surface area contributed by atoms with E-state index >= 15 is 0 Å². The van der Waals surface area contributed by atoms with Gasteiger partial charge in [0.15, 0.2) is 0 Å². The van der Waals surface area contributed by atoms with Gasteiger partial charge in [-0.05, 0) is 31.0 Å². The molecule has 0 saturated carbocycles. The van der Waals surface area contributed by atoms with Gasteiger partial charge in [0.1, 0.15) is 11.5 Å². The summed E-state index contributed by atoms with van der Waals surface area (Å²) in [5.74, 6) is 0.761. The van der Waals surface area contributed by atoms with E-state index in [2.05, 4.69) is 4.90 Å². The van der Waals surface area contributed by atoms with Gasteiger partial charge in [0.05, 0.1) is 25.7 Å². The van der Waals surface area contributed by atoms with Crippen molar-refractivity contribution in [2.45, 2.75) is 19.9 Å². The predicted octanol–water partition coefficient (Wildman–Crippen LogP) is 2.25. The summed E-state index contributed by atoms with van der Waals surface area (Å²) in [6.45, 7) is 4.12. The molecule has 21 heavy (non-hydrogen) atoms. The number of aliphatic carboxylic acids is 1. The van der Waals surface area contributed by atoms with Crippen LogP contribution >= 0.6 is 0 Å². The van der Waals surface area contributed by atoms with Crippen LogP contribution in [0.15, 0.2) is 18.2 Å². The second-order valence-electron chi connectivity index (χ2n) is 5.59. The van der Waals surface area contributed by atoms with E-state index in [1.54, 1.807) is 14.2 Å². The van der Waals surface area contributed by atoms with E-state index in [1.807, 2.05) is 25.1 Å². The molecule has 1 fully saturated rings. The number of carboxylic acid groups (broad SMARTS) is 1. The zero-order chi connectivity index (χ0) is 15.4. The quantitative estimate of drug-likeness (QED) is 0.902. The number of benzene rings is 1. The summed E-state index contributed by atoms with van der Waals surface area (Å²) in [4.78, 5) is 13.5. The van der Waals surface area contributed by atoms with Gasteiger partial charge in [-0.25, -0.2) is 0 Å². The minimum atomic E-state index is -0.709. The monoisotopic (exact) mass is 293 g/mol. The van der Waals surface area contributed by atoms with Gasteiger partial charge < -0.3 is 14.6 Å². The number of likely N-dealkylation sites (tertiary alicyclic amines) is 1. The average molecular weight is 293 g/mol. The van der Waals surface area contributed by atoms with Crippen LogP contribution in [0.5, 0.6) is 11.5 Å². The summed E-state index contributed by atoms with van der Waals surface area (Å²) in [6.07, 6.45) is 0.897. The molecule has 1 heterocycles. The van der Waals surface area contributed by atoms with Crippen LogP contribution < -0.4 is 9.47 Å². The normalized spacial score (nSPS) is 22.8. The predicted molar refractivity (Wildman–Crippen MR) is 79.7 cm³/mol. The number of hydrogen-bond acceptors (Lipinski definition) is 4. The molecule has 0 amide bonds. The minimum absolute atomic E-state index is 0.221. The molecule has 1 N–H and O–H groups in total. The molecular formula is C16H23NO4. The first kappa shape index (κ1) is 15.6. The summed E-state index contributed by atoms with van der Waals surface area (Å²) in [6, 6.07) is 5.69. The van der Waals surface area contributed by atoms with Gasteiger partial charge in [0.25, 0.3) is 0 Å². The third-order valence-corrected chi connectivity index (χ3v) is 4.27. The first-order valence-electron chi connectivity index (χ1n) is 7.21. The lowest BCUT2D eigenvalue weighted by molar-refractivity contribution is -0.145. The second kappa shape index (κ2) is 6.80. The van der Waals surface area contributed by atoms with E-state index in [1.165, 1.54) is 0 Å². The lowest BCUT2D eigenvalue weighted by Crippen LogP contribution is -2.42. The Bertz CT molecular complexity index is 481. The van der Waals surface area contributed by atoms with Gasteiger partial charge in [0, 0.05) is 13.1 Å². The van der Waals surface area contributed by atoms with Crippen LogP contribution in [0.1, 0.15) is 18.9 Å². The number of piperidine rings is 1. The molecule has 1 aromatic carbocycles. The van der Waals surface area contributed by atoms with Crippen LogP contribution in [-0.2, 0) is 11.3 Å². The van der Waals surface area contributed by atoms with Crippen molar-refractivity contribution in [1.29, 1.82) is 0 Å². The van der Waals surface area contributed by atoms with Crippen LogP contribution in [0.25, 0.3) is 0 Å². The first-order chi connectivity index (χ1) is 10.1. The van der Waals surface area contributed by atoms with E-state index in [0.29, 0.717) is 13.1 Å². The van der Waals surface area contributed by atoms with Crippen molar-refractivity contribution < 1.29 is 19.4 Å². The highest BCUT2D eigenvalue weighted by molar-refractivity contribution is 5.70. The summed E-state index contributed by atoms with van der Waals surface area (Å²) in [7, 11) is 3.27. The van der Waals surface area contributed by atoms with Crippen molar-refractivity contribution >= 4 is 5.97 Å². The molecule has 1 aliphatic heterocycles. The van der Waals surface area contributed by atoms with Crippen molar-refractivity contribution in [3.63, 3.8) is 0 Å². The zero-order valence-corrected chi connectivity index (χ0v) is 12.8. The minimum Gasteiger partial charge on any atom is -0.496 e. The number of nitrogens with zero attached hydrogens (tertiary/aromatic N) is 1. The maximum Gasteiger partial charge on any atom is 0.308 e. The van der Waals surface area contributed by atoms with Crippen LogP contribution in [0.4, 0.5) is 0 Å². The van der Waals surface area contributed by atoms with Gasteiger partial charge in [-0.15, -0.1) is 0 Å². The maximum absolute atomic E-state index is 11.3. The SMILES string of the molecule is COc1cccc(OC)c1CN1CC[C@@H](C)[C@@H](C(=O)O)C1. The Morgan fingerprint density at radius 3 is 2.48 bits per heavy atom. The fourth-order valence-corrected chi connectivity index (χ4v) is 2.91. The standard InChI is InChI=1S/C16H23NO4/c1-11-7-8-17(9-12(11)16(18)19)10-13-14(20-2)5-4-6-15(13)21-3/h4-6,11-12H,7-10H2,1-3H3,(H,18,19)/t11-,12+/m1/s1. The first-order valence-corrected chi connectivity index (χ1v) is 7.21. The highest BCUT2D eigenvalue weighted by atomic mass is 16.5. The van der Waals surface area contributed by atoms with E-state index < -0.39 is 5.97 Å². The lowest BCUT2D eigenvalue weighted by Gasteiger charge is -2.35. The summed E-state index contributed by atoms with van der Waals surface area (Å²) < 4.78 is 10.8. The fourth-order valence-electron chi connectivity index (χ4n) is 2.91. The average Bonchev–Trinajstić information content (AvgIpc) is 2.49. The van der Waals surface area contributed by atoms with E-state index in [9.17, 15) is 9.90 Å². The van der Waals surface area contributed by atoms with Crippen LogP contribution in [0.3, 0.4) is 0 Å². The Hall–Kier alpha value is -1.75. The summed E-state index contributed by atoms with van der Waals surface area (Å²) >= 11 is 0. The topological polar surface area (TPSA) is 59.0 Å². The van der Waals surface area contributed by atoms with E-state index in [0.717, 1.165) is 30.0 Å². The highest BCUT2D eigenvalue weighted by Crippen LogP contribution is 2.32. The number of carboxylic acids is 1. The number of carbonyl (C=O) groups is 1.